The molecule has 0 aliphatic rings. The molecule has 0 saturated carbocycles. The molecule has 6 heteroatoms. The molecule has 6 nitrogen and oxygen atoms in total. The van der Waals surface area contributed by atoms with E-state index in [-0.39, 0.29) is 0 Å². The molecule has 0 amide bonds. The van der Waals surface area contributed by atoms with Crippen molar-refractivity contribution < 1.29 is 14.6 Å². The van der Waals surface area contributed by atoms with E-state index in [1.54, 1.807) is 26.4 Å². The van der Waals surface area contributed by atoms with Crippen molar-refractivity contribution in [3.8, 4) is 11.5 Å². The summed E-state index contributed by atoms with van der Waals surface area (Å²) in [5.74, 6) is 1.35. The summed E-state index contributed by atoms with van der Waals surface area (Å²) in [4.78, 5) is 0. The van der Waals surface area contributed by atoms with Crippen LogP contribution >= 0.6 is 0 Å². The number of hydrogen-bond donors (Lipinski definition) is 2. The van der Waals surface area contributed by atoms with Crippen LogP contribution in [0.1, 0.15) is 17.2 Å². The standard InChI is InChI=1S/C16H23N3O3/c1-12-9-18-19(11-12)7-6-17-10-15(20)14-8-13(21-2)4-5-16(14)22-3/h4-5,8-9,11,15,17,20H,6-7,10H2,1-3H3/t15-/m0/s1. The third-order valence-electron chi connectivity index (χ3n) is 3.41. The van der Waals surface area contributed by atoms with Crippen molar-refractivity contribution in [1.29, 1.82) is 0 Å². The summed E-state index contributed by atoms with van der Waals surface area (Å²) in [6.07, 6.45) is 3.16. The lowest BCUT2D eigenvalue weighted by Crippen LogP contribution is -2.25. The van der Waals surface area contributed by atoms with Crippen LogP contribution in [-0.4, -0.2) is 42.2 Å². The molecular formula is C16H23N3O3. The molecular weight excluding hydrogens is 282 g/mol. The van der Waals surface area contributed by atoms with Crippen LogP contribution < -0.4 is 14.8 Å². The van der Waals surface area contributed by atoms with Gasteiger partial charge in [-0.1, -0.05) is 0 Å². The highest BCUT2D eigenvalue weighted by molar-refractivity contribution is 5.41. The molecule has 22 heavy (non-hydrogen) atoms. The van der Waals surface area contributed by atoms with Gasteiger partial charge in [-0.2, -0.15) is 5.10 Å². The molecule has 0 saturated heterocycles. The van der Waals surface area contributed by atoms with Crippen LogP contribution in [0.2, 0.25) is 0 Å². The Morgan fingerprint density at radius 3 is 2.77 bits per heavy atom. The van der Waals surface area contributed by atoms with E-state index in [9.17, 15) is 5.11 Å². The van der Waals surface area contributed by atoms with Crippen molar-refractivity contribution in [3.63, 3.8) is 0 Å². The number of ether oxygens (including phenoxy) is 2. The number of hydrogen-bond acceptors (Lipinski definition) is 5. The van der Waals surface area contributed by atoms with E-state index in [1.807, 2.05) is 30.1 Å². The Balaban J connectivity index is 1.87. The van der Waals surface area contributed by atoms with Gasteiger partial charge in [0, 0.05) is 24.8 Å². The molecule has 2 rings (SSSR count). The minimum Gasteiger partial charge on any atom is -0.497 e. The Bertz CT molecular complexity index is 598. The van der Waals surface area contributed by atoms with Gasteiger partial charge in [0.2, 0.25) is 0 Å². The summed E-state index contributed by atoms with van der Waals surface area (Å²) >= 11 is 0. The van der Waals surface area contributed by atoms with Gasteiger partial charge in [0.1, 0.15) is 11.5 Å². The molecule has 0 aliphatic heterocycles. The van der Waals surface area contributed by atoms with Crippen LogP contribution in [0.25, 0.3) is 0 Å². The molecule has 2 N–H and O–H groups in total. The Hall–Kier alpha value is -2.05. The van der Waals surface area contributed by atoms with Gasteiger partial charge in [0.15, 0.2) is 0 Å². The van der Waals surface area contributed by atoms with Crippen molar-refractivity contribution in [2.75, 3.05) is 27.3 Å². The number of aromatic nitrogens is 2. The van der Waals surface area contributed by atoms with Gasteiger partial charge in [-0.3, -0.25) is 4.68 Å². The fourth-order valence-corrected chi connectivity index (χ4v) is 2.23. The number of rotatable bonds is 8. The normalized spacial score (nSPS) is 12.2. The highest BCUT2D eigenvalue weighted by Gasteiger charge is 2.14. The average molecular weight is 305 g/mol. The first-order chi connectivity index (χ1) is 10.6. The predicted octanol–water partition coefficient (Wildman–Crippen LogP) is 1.53. The number of methoxy groups -OCH3 is 2. The SMILES string of the molecule is COc1ccc(OC)c([C@@H](O)CNCCn2cc(C)cn2)c1. The fraction of sp³-hybridized carbons (Fsp3) is 0.438. The van der Waals surface area contributed by atoms with E-state index in [0.29, 0.717) is 23.6 Å². The van der Waals surface area contributed by atoms with Crippen LogP contribution in [-0.2, 0) is 6.54 Å². The number of aliphatic hydroxyl groups is 1. The number of benzene rings is 1. The molecule has 0 unspecified atom stereocenters. The van der Waals surface area contributed by atoms with Gasteiger partial charge in [0.25, 0.3) is 0 Å². The molecule has 1 aromatic carbocycles. The van der Waals surface area contributed by atoms with Gasteiger partial charge in [-0.15, -0.1) is 0 Å². The maximum Gasteiger partial charge on any atom is 0.124 e. The summed E-state index contributed by atoms with van der Waals surface area (Å²) < 4.78 is 12.4. The van der Waals surface area contributed by atoms with Crippen LogP contribution in [0.5, 0.6) is 11.5 Å². The van der Waals surface area contributed by atoms with Gasteiger partial charge in [-0.25, -0.2) is 0 Å². The third-order valence-corrected chi connectivity index (χ3v) is 3.41. The second-order valence-electron chi connectivity index (χ2n) is 5.11. The Morgan fingerprint density at radius 2 is 2.14 bits per heavy atom. The lowest BCUT2D eigenvalue weighted by Gasteiger charge is -2.16. The lowest BCUT2D eigenvalue weighted by atomic mass is 10.1. The van der Waals surface area contributed by atoms with Crippen molar-refractivity contribution in [2.45, 2.75) is 19.6 Å². The molecule has 0 radical (unpaired) electrons. The first kappa shape index (κ1) is 16.3. The third kappa shape index (κ3) is 4.22. The highest BCUT2D eigenvalue weighted by Crippen LogP contribution is 2.28. The average Bonchev–Trinajstić information content (AvgIpc) is 2.96. The highest BCUT2D eigenvalue weighted by atomic mass is 16.5. The molecule has 120 valence electrons. The summed E-state index contributed by atoms with van der Waals surface area (Å²) in [5, 5.41) is 17.8. The van der Waals surface area contributed by atoms with Gasteiger partial charge >= 0.3 is 0 Å². The van der Waals surface area contributed by atoms with Crippen molar-refractivity contribution in [3.05, 3.63) is 41.7 Å². The van der Waals surface area contributed by atoms with Crippen LogP contribution in [0.15, 0.2) is 30.6 Å². The molecule has 2 aromatic rings. The second kappa shape index (κ2) is 7.82. The quantitative estimate of drug-likeness (QED) is 0.724. The molecule has 0 spiro atoms. The van der Waals surface area contributed by atoms with E-state index in [0.717, 1.165) is 18.7 Å². The van der Waals surface area contributed by atoms with Crippen molar-refractivity contribution >= 4 is 0 Å². The zero-order valence-corrected chi connectivity index (χ0v) is 13.2. The minimum atomic E-state index is -0.663. The number of nitrogens with one attached hydrogen (secondary N) is 1. The second-order valence-corrected chi connectivity index (χ2v) is 5.11. The Kier molecular flexibility index (Phi) is 5.80. The Labute approximate surface area is 130 Å². The Morgan fingerprint density at radius 1 is 1.32 bits per heavy atom. The maximum absolute atomic E-state index is 10.3. The first-order valence-electron chi connectivity index (χ1n) is 7.23. The number of nitrogens with zero attached hydrogens (tertiary/aromatic N) is 2. The summed E-state index contributed by atoms with van der Waals surface area (Å²) in [6, 6.07) is 5.40. The van der Waals surface area contributed by atoms with Gasteiger partial charge in [0.05, 0.1) is 33.1 Å². The molecule has 1 heterocycles. The monoisotopic (exact) mass is 305 g/mol. The van der Waals surface area contributed by atoms with Crippen LogP contribution in [0, 0.1) is 6.92 Å². The topological polar surface area (TPSA) is 68.5 Å². The molecule has 0 bridgehead atoms. The van der Waals surface area contributed by atoms with E-state index >= 15 is 0 Å². The van der Waals surface area contributed by atoms with Crippen LogP contribution in [0.3, 0.4) is 0 Å². The van der Waals surface area contributed by atoms with Gasteiger partial charge < -0.3 is 19.9 Å². The smallest absolute Gasteiger partial charge is 0.124 e. The summed E-state index contributed by atoms with van der Waals surface area (Å²) in [6.45, 7) is 3.93. The van der Waals surface area contributed by atoms with E-state index < -0.39 is 6.10 Å². The molecule has 1 aromatic heterocycles. The van der Waals surface area contributed by atoms with E-state index in [1.165, 1.54) is 0 Å². The molecule has 0 fully saturated rings. The summed E-state index contributed by atoms with van der Waals surface area (Å²) in [5.41, 5.74) is 1.85. The predicted molar refractivity (Wildman–Crippen MR) is 84.3 cm³/mol. The summed E-state index contributed by atoms with van der Waals surface area (Å²) in [7, 11) is 3.19. The molecule has 1 atom stereocenters. The fourth-order valence-electron chi connectivity index (χ4n) is 2.23. The number of aliphatic hydroxyl groups excluding tert-OH is 1. The maximum atomic E-state index is 10.3. The van der Waals surface area contributed by atoms with Crippen molar-refractivity contribution in [1.82, 2.24) is 15.1 Å². The number of aryl methyl sites for hydroxylation is 1. The van der Waals surface area contributed by atoms with Gasteiger partial charge in [-0.05, 0) is 30.7 Å². The minimum absolute atomic E-state index is 0.434. The lowest BCUT2D eigenvalue weighted by molar-refractivity contribution is 0.169. The van der Waals surface area contributed by atoms with Crippen molar-refractivity contribution in [2.24, 2.45) is 0 Å². The largest absolute Gasteiger partial charge is 0.497 e. The van der Waals surface area contributed by atoms with Crippen LogP contribution in [0.4, 0.5) is 0 Å². The molecule has 0 aliphatic carbocycles. The zero-order valence-electron chi connectivity index (χ0n) is 13.2. The first-order valence-corrected chi connectivity index (χ1v) is 7.23. The van der Waals surface area contributed by atoms with E-state index in [4.69, 9.17) is 9.47 Å². The van der Waals surface area contributed by atoms with E-state index in [2.05, 4.69) is 10.4 Å². The zero-order chi connectivity index (χ0) is 15.9.